The summed E-state index contributed by atoms with van der Waals surface area (Å²) in [6.45, 7) is 4.68. The molecule has 0 fully saturated rings. The number of hydrogen-bond donors (Lipinski definition) is 2. The molecule has 0 saturated heterocycles. The second-order valence-corrected chi connectivity index (χ2v) is 6.06. The van der Waals surface area contributed by atoms with Crippen LogP contribution in [0.4, 0.5) is 0 Å². The lowest BCUT2D eigenvalue weighted by Gasteiger charge is -2.32. The first-order valence-electron chi connectivity index (χ1n) is 7.35. The third-order valence-electron chi connectivity index (χ3n) is 4.16. The molecule has 0 aromatic heterocycles. The smallest absolute Gasteiger partial charge is 0.161 e. The lowest BCUT2D eigenvalue weighted by molar-refractivity contribution is 0.169. The highest BCUT2D eigenvalue weighted by Gasteiger charge is 2.22. The van der Waals surface area contributed by atoms with Crippen molar-refractivity contribution in [2.75, 3.05) is 33.9 Å². The average Bonchev–Trinajstić information content (AvgIpc) is 2.51. The van der Waals surface area contributed by atoms with Crippen molar-refractivity contribution in [2.24, 2.45) is 5.73 Å². The lowest BCUT2D eigenvalue weighted by Crippen LogP contribution is -2.44. The summed E-state index contributed by atoms with van der Waals surface area (Å²) in [5.74, 6) is 1.57. The molecule has 0 spiro atoms. The molecule has 1 heterocycles. The standard InChI is InChI=1S/C16H26N2O3/c1-16(17,11-19)5-7-18-6-4-12-8-14(20-2)15(21-3)9-13(12)10-18/h8-9,19H,4-7,10-11,17H2,1-3H3. The molecule has 1 aromatic rings. The van der Waals surface area contributed by atoms with E-state index in [1.54, 1.807) is 14.2 Å². The van der Waals surface area contributed by atoms with Gasteiger partial charge in [0, 0.05) is 25.2 Å². The van der Waals surface area contributed by atoms with Crippen molar-refractivity contribution in [3.63, 3.8) is 0 Å². The maximum Gasteiger partial charge on any atom is 0.161 e. The second-order valence-electron chi connectivity index (χ2n) is 6.06. The van der Waals surface area contributed by atoms with Gasteiger partial charge < -0.3 is 20.3 Å². The van der Waals surface area contributed by atoms with Gasteiger partial charge in [-0.2, -0.15) is 0 Å². The molecule has 1 aromatic carbocycles. The Labute approximate surface area is 126 Å². The predicted octanol–water partition coefficient (Wildman–Crippen LogP) is 1.16. The monoisotopic (exact) mass is 294 g/mol. The quantitative estimate of drug-likeness (QED) is 0.824. The Morgan fingerprint density at radius 1 is 1.24 bits per heavy atom. The minimum absolute atomic E-state index is 0.0163. The number of methoxy groups -OCH3 is 2. The van der Waals surface area contributed by atoms with Crippen LogP contribution in [0, 0.1) is 0 Å². The number of hydrogen-bond acceptors (Lipinski definition) is 5. The van der Waals surface area contributed by atoms with Gasteiger partial charge in [-0.1, -0.05) is 0 Å². The fourth-order valence-electron chi connectivity index (χ4n) is 2.63. The molecule has 5 heteroatoms. The van der Waals surface area contributed by atoms with Crippen LogP contribution in [0.3, 0.4) is 0 Å². The second kappa shape index (κ2) is 6.64. The molecule has 0 aliphatic carbocycles. The Kier molecular flexibility index (Phi) is 5.08. The number of rotatable bonds is 6. The number of ether oxygens (including phenoxy) is 2. The van der Waals surface area contributed by atoms with Crippen LogP contribution >= 0.6 is 0 Å². The van der Waals surface area contributed by atoms with Gasteiger partial charge in [0.05, 0.1) is 20.8 Å². The maximum absolute atomic E-state index is 9.23. The van der Waals surface area contributed by atoms with E-state index >= 15 is 0 Å². The van der Waals surface area contributed by atoms with E-state index in [1.807, 2.05) is 6.92 Å². The molecule has 2 rings (SSSR count). The van der Waals surface area contributed by atoms with Gasteiger partial charge in [-0.15, -0.1) is 0 Å². The van der Waals surface area contributed by atoms with E-state index in [0.29, 0.717) is 0 Å². The summed E-state index contributed by atoms with van der Waals surface area (Å²) < 4.78 is 10.7. The van der Waals surface area contributed by atoms with Crippen molar-refractivity contribution in [3.8, 4) is 11.5 Å². The van der Waals surface area contributed by atoms with Crippen molar-refractivity contribution in [2.45, 2.75) is 31.8 Å². The van der Waals surface area contributed by atoms with Gasteiger partial charge in [-0.3, -0.25) is 4.90 Å². The predicted molar refractivity (Wildman–Crippen MR) is 82.8 cm³/mol. The fourth-order valence-corrected chi connectivity index (χ4v) is 2.63. The molecule has 0 amide bonds. The van der Waals surface area contributed by atoms with E-state index in [4.69, 9.17) is 15.2 Å². The molecule has 0 bridgehead atoms. The number of nitrogens with zero attached hydrogens (tertiary/aromatic N) is 1. The van der Waals surface area contributed by atoms with Gasteiger partial charge >= 0.3 is 0 Å². The topological polar surface area (TPSA) is 68.0 Å². The molecule has 21 heavy (non-hydrogen) atoms. The van der Waals surface area contributed by atoms with E-state index in [-0.39, 0.29) is 6.61 Å². The van der Waals surface area contributed by atoms with Crippen molar-refractivity contribution in [3.05, 3.63) is 23.3 Å². The number of aliphatic hydroxyl groups is 1. The molecule has 5 nitrogen and oxygen atoms in total. The first kappa shape index (κ1) is 16.1. The zero-order valence-electron chi connectivity index (χ0n) is 13.2. The van der Waals surface area contributed by atoms with Crippen LogP contribution in [0.15, 0.2) is 12.1 Å². The molecule has 1 aliphatic rings. The Morgan fingerprint density at radius 3 is 2.43 bits per heavy atom. The average molecular weight is 294 g/mol. The Morgan fingerprint density at radius 2 is 1.86 bits per heavy atom. The molecule has 118 valence electrons. The van der Waals surface area contributed by atoms with Crippen molar-refractivity contribution < 1.29 is 14.6 Å². The lowest BCUT2D eigenvalue weighted by atomic mass is 9.96. The zero-order valence-corrected chi connectivity index (χ0v) is 13.2. The van der Waals surface area contributed by atoms with Crippen molar-refractivity contribution in [1.29, 1.82) is 0 Å². The van der Waals surface area contributed by atoms with Gasteiger partial charge in [0.1, 0.15) is 0 Å². The summed E-state index contributed by atoms with van der Waals surface area (Å²) in [7, 11) is 3.32. The Balaban J connectivity index is 2.06. The summed E-state index contributed by atoms with van der Waals surface area (Å²) in [5, 5.41) is 9.23. The minimum atomic E-state index is -0.502. The molecule has 0 saturated carbocycles. The number of benzene rings is 1. The highest BCUT2D eigenvalue weighted by Crippen LogP contribution is 2.33. The van der Waals surface area contributed by atoms with Gasteiger partial charge in [0.2, 0.25) is 0 Å². The van der Waals surface area contributed by atoms with Crippen LogP contribution in [0.5, 0.6) is 11.5 Å². The van der Waals surface area contributed by atoms with Gasteiger partial charge in [-0.05, 0) is 43.0 Å². The third-order valence-corrected chi connectivity index (χ3v) is 4.16. The zero-order chi connectivity index (χ0) is 15.5. The van der Waals surface area contributed by atoms with Crippen LogP contribution in [0.2, 0.25) is 0 Å². The van der Waals surface area contributed by atoms with Crippen LogP contribution < -0.4 is 15.2 Å². The highest BCUT2D eigenvalue weighted by molar-refractivity contribution is 5.48. The fraction of sp³-hybridized carbons (Fsp3) is 0.625. The molecular formula is C16H26N2O3. The third kappa shape index (κ3) is 3.87. The Bertz CT molecular complexity index is 489. The van der Waals surface area contributed by atoms with Crippen LogP contribution in [0.25, 0.3) is 0 Å². The van der Waals surface area contributed by atoms with Gasteiger partial charge in [0.25, 0.3) is 0 Å². The van der Waals surface area contributed by atoms with E-state index in [1.165, 1.54) is 11.1 Å². The minimum Gasteiger partial charge on any atom is -0.493 e. The van der Waals surface area contributed by atoms with Crippen molar-refractivity contribution in [1.82, 2.24) is 4.90 Å². The number of fused-ring (bicyclic) bond motifs is 1. The van der Waals surface area contributed by atoms with E-state index in [2.05, 4.69) is 17.0 Å². The van der Waals surface area contributed by atoms with Crippen LogP contribution in [0.1, 0.15) is 24.5 Å². The summed E-state index contributed by atoms with van der Waals surface area (Å²) in [6, 6.07) is 4.14. The molecule has 1 atom stereocenters. The highest BCUT2D eigenvalue weighted by atomic mass is 16.5. The van der Waals surface area contributed by atoms with E-state index < -0.39 is 5.54 Å². The summed E-state index contributed by atoms with van der Waals surface area (Å²) >= 11 is 0. The molecule has 3 N–H and O–H groups in total. The molecular weight excluding hydrogens is 268 g/mol. The Hall–Kier alpha value is -1.30. The molecule has 0 radical (unpaired) electrons. The summed E-state index contributed by atoms with van der Waals surface area (Å²) in [4.78, 5) is 2.37. The summed E-state index contributed by atoms with van der Waals surface area (Å²) in [5.41, 5.74) is 8.10. The number of aliphatic hydroxyl groups excluding tert-OH is 1. The first-order chi connectivity index (χ1) is 9.99. The summed E-state index contributed by atoms with van der Waals surface area (Å²) in [6.07, 6.45) is 1.78. The largest absolute Gasteiger partial charge is 0.493 e. The van der Waals surface area contributed by atoms with Crippen molar-refractivity contribution >= 4 is 0 Å². The maximum atomic E-state index is 9.23. The van der Waals surface area contributed by atoms with Crippen LogP contribution in [-0.2, 0) is 13.0 Å². The van der Waals surface area contributed by atoms with E-state index in [9.17, 15) is 5.11 Å². The van der Waals surface area contributed by atoms with Gasteiger partial charge in [0.15, 0.2) is 11.5 Å². The van der Waals surface area contributed by atoms with Gasteiger partial charge in [-0.25, -0.2) is 0 Å². The van der Waals surface area contributed by atoms with E-state index in [0.717, 1.165) is 44.0 Å². The molecule has 1 unspecified atom stereocenters. The normalized spacial score (nSPS) is 18.0. The molecule has 1 aliphatic heterocycles. The van der Waals surface area contributed by atoms with Crippen LogP contribution in [-0.4, -0.2) is 49.5 Å². The number of nitrogens with two attached hydrogens (primary N) is 1. The first-order valence-corrected chi connectivity index (χ1v) is 7.35. The SMILES string of the molecule is COc1cc2c(cc1OC)CN(CCC(C)(N)CO)CC2.